The van der Waals surface area contributed by atoms with Crippen LogP contribution in [0.25, 0.3) is 0 Å². The van der Waals surface area contributed by atoms with Crippen LogP contribution in [0.5, 0.6) is 0 Å². The first-order valence-corrected chi connectivity index (χ1v) is 6.18. The van der Waals surface area contributed by atoms with Crippen LogP contribution in [0, 0.1) is 0 Å². The van der Waals surface area contributed by atoms with Crippen molar-refractivity contribution in [2.45, 2.75) is 19.4 Å². The molecule has 4 heteroatoms. The third-order valence-corrected chi connectivity index (χ3v) is 2.98. The van der Waals surface area contributed by atoms with Crippen LogP contribution >= 0.6 is 0 Å². The number of nitrogen functional groups attached to an aromatic ring is 1. The summed E-state index contributed by atoms with van der Waals surface area (Å²) in [6.07, 6.45) is 6.08. The van der Waals surface area contributed by atoms with Gasteiger partial charge in [-0.1, -0.05) is 23.8 Å². The zero-order valence-corrected chi connectivity index (χ0v) is 10.4. The molecule has 1 aromatic rings. The fourth-order valence-corrected chi connectivity index (χ4v) is 1.82. The first kappa shape index (κ1) is 12.7. The lowest BCUT2D eigenvalue weighted by molar-refractivity contribution is 0.551. The predicted molar refractivity (Wildman–Crippen MR) is 75.3 cm³/mol. The van der Waals surface area contributed by atoms with Crippen molar-refractivity contribution in [1.29, 1.82) is 0 Å². The van der Waals surface area contributed by atoms with Crippen molar-refractivity contribution < 1.29 is 0 Å². The van der Waals surface area contributed by atoms with Gasteiger partial charge in [0.15, 0.2) is 0 Å². The van der Waals surface area contributed by atoms with E-state index in [1.54, 1.807) is 0 Å². The molecule has 1 aliphatic carbocycles. The Hall–Kier alpha value is -1.78. The third-order valence-electron chi connectivity index (χ3n) is 2.98. The molecule has 0 unspecified atom stereocenters. The van der Waals surface area contributed by atoms with Crippen LogP contribution < -0.4 is 22.3 Å². The third kappa shape index (κ3) is 3.91. The van der Waals surface area contributed by atoms with Gasteiger partial charge in [-0.15, -0.1) is 0 Å². The van der Waals surface area contributed by atoms with Crippen LogP contribution in [-0.4, -0.2) is 6.54 Å². The van der Waals surface area contributed by atoms with Crippen molar-refractivity contribution in [2.75, 3.05) is 12.3 Å². The molecule has 18 heavy (non-hydrogen) atoms. The molecule has 0 saturated carbocycles. The highest BCUT2D eigenvalue weighted by Gasteiger charge is 2.02. The van der Waals surface area contributed by atoms with E-state index in [0.717, 1.165) is 37.3 Å². The van der Waals surface area contributed by atoms with E-state index in [2.05, 4.69) is 16.9 Å². The number of allylic oxidation sites excluding steroid dienone is 3. The van der Waals surface area contributed by atoms with E-state index in [1.807, 2.05) is 30.3 Å². The molecular formula is C14H20N4. The normalized spacial score (nSPS) is 15.1. The number of benzene rings is 1. The second-order valence-electron chi connectivity index (χ2n) is 4.52. The minimum absolute atomic E-state index is 0.783. The summed E-state index contributed by atoms with van der Waals surface area (Å²) in [6.45, 7) is 1.63. The molecule has 0 atom stereocenters. The van der Waals surface area contributed by atoms with Gasteiger partial charge in [0.2, 0.25) is 0 Å². The van der Waals surface area contributed by atoms with E-state index in [1.165, 1.54) is 11.1 Å². The van der Waals surface area contributed by atoms with Crippen molar-refractivity contribution in [3.8, 4) is 0 Å². The van der Waals surface area contributed by atoms with Crippen LogP contribution in [0.1, 0.15) is 18.4 Å². The highest BCUT2D eigenvalue weighted by molar-refractivity contribution is 5.39. The van der Waals surface area contributed by atoms with Gasteiger partial charge < -0.3 is 11.5 Å². The summed E-state index contributed by atoms with van der Waals surface area (Å²) in [4.78, 5) is 0. The molecule has 0 fully saturated rings. The van der Waals surface area contributed by atoms with E-state index in [9.17, 15) is 0 Å². The summed E-state index contributed by atoms with van der Waals surface area (Å²) in [7, 11) is 0. The van der Waals surface area contributed by atoms with E-state index in [0.29, 0.717) is 0 Å². The second kappa shape index (κ2) is 6.23. The Labute approximate surface area is 108 Å². The molecule has 0 spiro atoms. The standard InChI is InChI=1S/C14H20N4/c15-13-5-1-11(2-6-13)9-17-18-10-12-3-7-14(16)8-4-12/h1-3,5-7,17-18H,4,8-10,15-16H2. The Morgan fingerprint density at radius 1 is 0.889 bits per heavy atom. The van der Waals surface area contributed by atoms with Gasteiger partial charge in [-0.3, -0.25) is 10.9 Å². The lowest BCUT2D eigenvalue weighted by Crippen LogP contribution is -2.33. The van der Waals surface area contributed by atoms with Crippen molar-refractivity contribution in [3.05, 3.63) is 53.3 Å². The van der Waals surface area contributed by atoms with E-state index < -0.39 is 0 Å². The van der Waals surface area contributed by atoms with E-state index in [4.69, 9.17) is 11.5 Å². The molecule has 2 rings (SSSR count). The largest absolute Gasteiger partial charge is 0.402 e. The summed E-state index contributed by atoms with van der Waals surface area (Å²) in [5, 5.41) is 0. The quantitative estimate of drug-likeness (QED) is 0.359. The van der Waals surface area contributed by atoms with Crippen molar-refractivity contribution in [1.82, 2.24) is 10.9 Å². The van der Waals surface area contributed by atoms with E-state index in [-0.39, 0.29) is 0 Å². The maximum absolute atomic E-state index is 5.71. The highest BCUT2D eigenvalue weighted by Crippen LogP contribution is 2.13. The number of anilines is 1. The van der Waals surface area contributed by atoms with Gasteiger partial charge in [-0.05, 0) is 36.6 Å². The SMILES string of the molecule is NC1=CC=C(CNNCc2ccc(N)cc2)CC1. The molecule has 1 aromatic carbocycles. The van der Waals surface area contributed by atoms with Gasteiger partial charge in [0.05, 0.1) is 0 Å². The fraction of sp³-hybridized carbons (Fsp3) is 0.286. The Morgan fingerprint density at radius 2 is 1.61 bits per heavy atom. The van der Waals surface area contributed by atoms with Gasteiger partial charge in [0.25, 0.3) is 0 Å². The minimum Gasteiger partial charge on any atom is -0.402 e. The van der Waals surface area contributed by atoms with Crippen LogP contribution in [0.4, 0.5) is 5.69 Å². The highest BCUT2D eigenvalue weighted by atomic mass is 15.3. The van der Waals surface area contributed by atoms with Gasteiger partial charge in [-0.2, -0.15) is 0 Å². The Bertz CT molecular complexity index is 445. The molecule has 0 heterocycles. The molecule has 0 saturated heterocycles. The summed E-state index contributed by atoms with van der Waals surface area (Å²) < 4.78 is 0. The molecular weight excluding hydrogens is 224 g/mol. The zero-order chi connectivity index (χ0) is 12.8. The van der Waals surface area contributed by atoms with Gasteiger partial charge >= 0.3 is 0 Å². The zero-order valence-electron chi connectivity index (χ0n) is 10.4. The molecule has 0 amide bonds. The maximum atomic E-state index is 5.71. The maximum Gasteiger partial charge on any atom is 0.0351 e. The number of hydrazine groups is 1. The molecule has 0 aliphatic heterocycles. The topological polar surface area (TPSA) is 76.1 Å². The summed E-state index contributed by atoms with van der Waals surface area (Å²) in [5.41, 5.74) is 22.1. The number of nitrogens with one attached hydrogen (secondary N) is 2. The van der Waals surface area contributed by atoms with Gasteiger partial charge in [0.1, 0.15) is 0 Å². The molecule has 0 aromatic heterocycles. The summed E-state index contributed by atoms with van der Waals surface area (Å²) in [6, 6.07) is 7.86. The smallest absolute Gasteiger partial charge is 0.0351 e. The fourth-order valence-electron chi connectivity index (χ4n) is 1.82. The number of rotatable bonds is 5. The van der Waals surface area contributed by atoms with Crippen LogP contribution in [0.3, 0.4) is 0 Å². The van der Waals surface area contributed by atoms with Crippen molar-refractivity contribution in [3.63, 3.8) is 0 Å². The monoisotopic (exact) mass is 244 g/mol. The molecule has 0 bridgehead atoms. The van der Waals surface area contributed by atoms with Crippen molar-refractivity contribution in [2.24, 2.45) is 5.73 Å². The first-order chi connectivity index (χ1) is 8.74. The summed E-state index contributed by atoms with van der Waals surface area (Å²) in [5.74, 6) is 0. The van der Waals surface area contributed by atoms with Crippen molar-refractivity contribution >= 4 is 5.69 Å². The number of hydrogen-bond acceptors (Lipinski definition) is 4. The molecule has 6 N–H and O–H groups in total. The first-order valence-electron chi connectivity index (χ1n) is 6.18. The Morgan fingerprint density at radius 3 is 2.28 bits per heavy atom. The Kier molecular flexibility index (Phi) is 4.39. The Balaban J connectivity index is 1.69. The molecule has 1 aliphatic rings. The van der Waals surface area contributed by atoms with Crippen LogP contribution in [0.15, 0.2) is 47.7 Å². The number of nitrogens with two attached hydrogens (primary N) is 2. The van der Waals surface area contributed by atoms with Gasteiger partial charge in [-0.25, -0.2) is 0 Å². The molecule has 96 valence electrons. The van der Waals surface area contributed by atoms with Gasteiger partial charge in [0, 0.05) is 24.5 Å². The van der Waals surface area contributed by atoms with Crippen LogP contribution in [-0.2, 0) is 6.54 Å². The average Bonchev–Trinajstić information content (AvgIpc) is 2.39. The second-order valence-corrected chi connectivity index (χ2v) is 4.52. The predicted octanol–water partition coefficient (Wildman–Crippen LogP) is 1.43. The average molecular weight is 244 g/mol. The molecule has 4 nitrogen and oxygen atoms in total. The van der Waals surface area contributed by atoms with E-state index >= 15 is 0 Å². The minimum atomic E-state index is 0.783. The van der Waals surface area contributed by atoms with Crippen LogP contribution in [0.2, 0.25) is 0 Å². The molecule has 0 radical (unpaired) electrons. The number of hydrogen-bond donors (Lipinski definition) is 4. The lowest BCUT2D eigenvalue weighted by atomic mass is 10.0. The summed E-state index contributed by atoms with van der Waals surface area (Å²) >= 11 is 0. The lowest BCUT2D eigenvalue weighted by Gasteiger charge is -2.13.